The molecule has 1 amide bonds. The number of ether oxygens (including phenoxy) is 1. The van der Waals surface area contributed by atoms with E-state index in [9.17, 15) is 14.0 Å². The van der Waals surface area contributed by atoms with Gasteiger partial charge in [-0.2, -0.15) is 0 Å². The van der Waals surface area contributed by atoms with Crippen molar-refractivity contribution in [3.05, 3.63) is 89.8 Å². The molecule has 0 radical (unpaired) electrons. The molecule has 0 saturated heterocycles. The van der Waals surface area contributed by atoms with Crippen molar-refractivity contribution in [2.24, 2.45) is 5.73 Å². The van der Waals surface area contributed by atoms with Gasteiger partial charge in [0.05, 0.1) is 13.4 Å². The number of nitrogens with two attached hydrogens (primary N) is 1. The number of nitrogens with zero attached hydrogens (tertiary/aromatic N) is 2. The van der Waals surface area contributed by atoms with Gasteiger partial charge in [0, 0.05) is 24.5 Å². The summed E-state index contributed by atoms with van der Waals surface area (Å²) < 4.78 is 20.2. The van der Waals surface area contributed by atoms with Gasteiger partial charge in [-0.25, -0.2) is 14.2 Å². The number of amides is 1. The number of nitrogens with one attached hydrogen (secondary N) is 1. The van der Waals surface area contributed by atoms with E-state index in [-0.39, 0.29) is 11.7 Å². The van der Waals surface area contributed by atoms with Gasteiger partial charge in [-0.05, 0) is 72.8 Å². The number of imidazole rings is 1. The van der Waals surface area contributed by atoms with Crippen molar-refractivity contribution < 1.29 is 18.7 Å². The molecule has 1 atom stereocenters. The van der Waals surface area contributed by atoms with Gasteiger partial charge in [-0.1, -0.05) is 24.3 Å². The third kappa shape index (κ3) is 7.11. The fraction of sp³-hybridized carbons (Fsp3) is 0.269. The number of methoxy groups -OCH3 is 1. The fourth-order valence-electron chi connectivity index (χ4n) is 3.56. The zero-order valence-electron chi connectivity index (χ0n) is 19.1. The number of carbonyl (C=O) groups excluding carboxylic acids is 2. The van der Waals surface area contributed by atoms with E-state index in [1.54, 1.807) is 42.9 Å². The molecule has 8 heteroatoms. The molecule has 0 saturated carbocycles. The fourth-order valence-corrected chi connectivity index (χ4v) is 3.56. The summed E-state index contributed by atoms with van der Waals surface area (Å²) in [5, 5.41) is 2.77. The maximum atomic E-state index is 13.5. The number of allylic oxidation sites excluding steroid dienone is 1. The highest BCUT2D eigenvalue weighted by molar-refractivity contribution is 5.97. The van der Waals surface area contributed by atoms with Crippen molar-refractivity contribution in [2.75, 3.05) is 13.7 Å². The van der Waals surface area contributed by atoms with Crippen LogP contribution >= 0.6 is 0 Å². The Bertz CT molecular complexity index is 1110. The zero-order chi connectivity index (χ0) is 24.3. The van der Waals surface area contributed by atoms with Crippen LogP contribution in [0.1, 0.15) is 40.7 Å². The van der Waals surface area contributed by atoms with Gasteiger partial charge >= 0.3 is 5.97 Å². The van der Waals surface area contributed by atoms with E-state index in [2.05, 4.69) is 10.3 Å². The van der Waals surface area contributed by atoms with Crippen molar-refractivity contribution >= 4 is 23.5 Å². The zero-order valence-corrected chi connectivity index (χ0v) is 19.1. The standard InChI is InChI=1S/C26H29FN4O3/c1-34-26(33)24(7-2-3-12-28)30-25(32)21-6-4-5-19(15-21)16-22(17-31-14-13-29-18-31)20-8-10-23(27)11-9-20/h4-6,8-11,13-16,18,24H,2-3,7,12,17,28H2,1H3,(H,30,32)/b22-16-/t24-/m0/s1. The van der Waals surface area contributed by atoms with Crippen LogP contribution in [0.4, 0.5) is 4.39 Å². The minimum atomic E-state index is -0.737. The lowest BCUT2D eigenvalue weighted by Gasteiger charge is -2.16. The topological polar surface area (TPSA) is 99.2 Å². The van der Waals surface area contributed by atoms with Crippen LogP contribution in [0.3, 0.4) is 0 Å². The molecule has 0 spiro atoms. The summed E-state index contributed by atoms with van der Waals surface area (Å²) in [4.78, 5) is 29.1. The first-order valence-electron chi connectivity index (χ1n) is 11.1. The monoisotopic (exact) mass is 464 g/mol. The highest BCUT2D eigenvalue weighted by Gasteiger charge is 2.21. The maximum absolute atomic E-state index is 13.5. The number of halogens is 1. The maximum Gasteiger partial charge on any atom is 0.328 e. The lowest BCUT2D eigenvalue weighted by molar-refractivity contribution is -0.143. The van der Waals surface area contributed by atoms with Crippen molar-refractivity contribution in [1.82, 2.24) is 14.9 Å². The van der Waals surface area contributed by atoms with E-state index in [4.69, 9.17) is 10.5 Å². The Hall–Kier alpha value is -3.78. The number of rotatable bonds is 11. The highest BCUT2D eigenvalue weighted by atomic mass is 19.1. The van der Waals surface area contributed by atoms with E-state index in [0.717, 1.165) is 23.1 Å². The molecule has 0 aliphatic rings. The quantitative estimate of drug-likeness (QED) is 0.256. The van der Waals surface area contributed by atoms with Crippen LogP contribution in [0.5, 0.6) is 0 Å². The molecule has 3 rings (SSSR count). The van der Waals surface area contributed by atoms with Crippen LogP contribution in [0, 0.1) is 5.82 Å². The number of benzene rings is 2. The number of unbranched alkanes of at least 4 members (excludes halogenated alkanes) is 1. The molecule has 1 heterocycles. The summed E-state index contributed by atoms with van der Waals surface area (Å²) in [5.41, 5.74) is 8.52. The van der Waals surface area contributed by atoms with Crippen molar-refractivity contribution in [3.8, 4) is 0 Å². The summed E-state index contributed by atoms with van der Waals surface area (Å²) in [6.45, 7) is 1.04. The second kappa shape index (κ2) is 12.5. The smallest absolute Gasteiger partial charge is 0.328 e. The first kappa shape index (κ1) is 24.9. The largest absolute Gasteiger partial charge is 0.467 e. The minimum Gasteiger partial charge on any atom is -0.467 e. The Morgan fingerprint density at radius 3 is 2.65 bits per heavy atom. The molecule has 0 unspecified atom stereocenters. The van der Waals surface area contributed by atoms with E-state index >= 15 is 0 Å². The van der Waals surface area contributed by atoms with Gasteiger partial charge in [-0.3, -0.25) is 4.79 Å². The molecule has 178 valence electrons. The lowest BCUT2D eigenvalue weighted by atomic mass is 10.0. The first-order valence-corrected chi connectivity index (χ1v) is 11.1. The molecular formula is C26H29FN4O3. The third-order valence-electron chi connectivity index (χ3n) is 5.35. The predicted octanol–water partition coefficient (Wildman–Crippen LogP) is 3.66. The average molecular weight is 465 g/mol. The van der Waals surface area contributed by atoms with Gasteiger partial charge in [0.15, 0.2) is 0 Å². The summed E-state index contributed by atoms with van der Waals surface area (Å²) in [5.74, 6) is -1.16. The van der Waals surface area contributed by atoms with Gasteiger partial charge in [0.25, 0.3) is 5.91 Å². The summed E-state index contributed by atoms with van der Waals surface area (Å²) in [6, 6.07) is 12.6. The Morgan fingerprint density at radius 1 is 1.18 bits per heavy atom. The van der Waals surface area contributed by atoms with Crippen molar-refractivity contribution in [2.45, 2.75) is 31.8 Å². The Morgan fingerprint density at radius 2 is 1.97 bits per heavy atom. The van der Waals surface area contributed by atoms with Crippen molar-refractivity contribution in [3.63, 3.8) is 0 Å². The second-order valence-electron chi connectivity index (χ2n) is 7.87. The van der Waals surface area contributed by atoms with Crippen LogP contribution in [0.2, 0.25) is 0 Å². The second-order valence-corrected chi connectivity index (χ2v) is 7.87. The lowest BCUT2D eigenvalue weighted by Crippen LogP contribution is -2.41. The third-order valence-corrected chi connectivity index (χ3v) is 5.35. The number of hydrogen-bond donors (Lipinski definition) is 2. The van der Waals surface area contributed by atoms with Crippen LogP contribution in [-0.2, 0) is 16.1 Å². The van der Waals surface area contributed by atoms with Crippen LogP contribution in [0.25, 0.3) is 11.6 Å². The van der Waals surface area contributed by atoms with E-state index in [0.29, 0.717) is 31.5 Å². The molecule has 0 fully saturated rings. The van der Waals surface area contributed by atoms with Gasteiger partial charge in [-0.15, -0.1) is 0 Å². The average Bonchev–Trinajstić information content (AvgIpc) is 3.36. The van der Waals surface area contributed by atoms with Crippen molar-refractivity contribution in [1.29, 1.82) is 0 Å². The molecule has 0 bridgehead atoms. The molecule has 2 aromatic carbocycles. The van der Waals surface area contributed by atoms with E-state index < -0.39 is 12.0 Å². The molecule has 34 heavy (non-hydrogen) atoms. The number of hydrogen-bond acceptors (Lipinski definition) is 5. The van der Waals surface area contributed by atoms with Crippen LogP contribution in [-0.4, -0.2) is 41.1 Å². The number of carbonyl (C=O) groups is 2. The summed E-state index contributed by atoms with van der Waals surface area (Å²) in [7, 11) is 1.30. The minimum absolute atomic E-state index is 0.309. The Kier molecular flexibility index (Phi) is 9.11. The van der Waals surface area contributed by atoms with E-state index in [1.807, 2.05) is 22.9 Å². The summed E-state index contributed by atoms with van der Waals surface area (Å²) >= 11 is 0. The highest BCUT2D eigenvalue weighted by Crippen LogP contribution is 2.22. The molecule has 3 aromatic rings. The normalized spacial score (nSPS) is 12.3. The molecule has 7 nitrogen and oxygen atoms in total. The van der Waals surface area contributed by atoms with Crippen LogP contribution < -0.4 is 11.1 Å². The number of esters is 1. The molecule has 0 aliphatic heterocycles. The Balaban J connectivity index is 1.84. The molecule has 3 N–H and O–H groups in total. The summed E-state index contributed by atoms with van der Waals surface area (Å²) in [6.07, 6.45) is 9.11. The van der Waals surface area contributed by atoms with Gasteiger partial charge in [0.1, 0.15) is 11.9 Å². The molecule has 0 aliphatic carbocycles. The van der Waals surface area contributed by atoms with Gasteiger partial charge in [0.2, 0.25) is 0 Å². The van der Waals surface area contributed by atoms with Crippen LogP contribution in [0.15, 0.2) is 67.3 Å². The van der Waals surface area contributed by atoms with E-state index in [1.165, 1.54) is 19.2 Å². The first-order chi connectivity index (χ1) is 16.5. The number of aromatic nitrogens is 2. The van der Waals surface area contributed by atoms with Gasteiger partial charge < -0.3 is 20.4 Å². The predicted molar refractivity (Wildman–Crippen MR) is 129 cm³/mol. The SMILES string of the molecule is COC(=O)[C@H](CCCCN)NC(=O)c1cccc(/C=C(/Cn2ccnc2)c2ccc(F)cc2)c1. The molecular weight excluding hydrogens is 435 g/mol. The molecule has 1 aromatic heterocycles. The Labute approximate surface area is 198 Å².